The zero-order valence-electron chi connectivity index (χ0n) is 10.3. The fourth-order valence-corrected chi connectivity index (χ4v) is 1.32. The second kappa shape index (κ2) is 5.92. The first-order chi connectivity index (χ1) is 7.94. The number of halogens is 1. The van der Waals surface area contributed by atoms with Crippen LogP contribution in [0.3, 0.4) is 0 Å². The quantitative estimate of drug-likeness (QED) is 0.613. The second-order valence-corrected chi connectivity index (χ2v) is 4.91. The minimum atomic E-state index is -0.517. The first kappa shape index (κ1) is 13.8. The standard InChI is InChI=1S/C13H17ClO3/c1-13(2,3)17-12(15)10-6-4-5-7-11(10)16-9-8-14/h4-7H,8-9H2,1-3H3. The van der Waals surface area contributed by atoms with Crippen molar-refractivity contribution in [3.8, 4) is 5.75 Å². The predicted molar refractivity (Wildman–Crippen MR) is 67.8 cm³/mol. The molecule has 0 bridgehead atoms. The van der Waals surface area contributed by atoms with Crippen LogP contribution in [0.4, 0.5) is 0 Å². The van der Waals surface area contributed by atoms with Gasteiger partial charge in [-0.25, -0.2) is 4.79 Å². The Hall–Kier alpha value is -1.22. The number of hydrogen-bond donors (Lipinski definition) is 0. The van der Waals surface area contributed by atoms with Gasteiger partial charge in [-0.3, -0.25) is 0 Å². The Morgan fingerprint density at radius 3 is 2.53 bits per heavy atom. The van der Waals surface area contributed by atoms with Gasteiger partial charge in [0.15, 0.2) is 0 Å². The second-order valence-electron chi connectivity index (χ2n) is 4.54. The molecular weight excluding hydrogens is 240 g/mol. The van der Waals surface area contributed by atoms with Crippen LogP contribution in [0.2, 0.25) is 0 Å². The molecule has 0 unspecified atom stereocenters. The fraction of sp³-hybridized carbons (Fsp3) is 0.462. The Balaban J connectivity index is 2.85. The van der Waals surface area contributed by atoms with E-state index in [-0.39, 0.29) is 5.97 Å². The Labute approximate surface area is 107 Å². The molecule has 1 aromatic rings. The van der Waals surface area contributed by atoms with E-state index in [1.807, 2.05) is 20.8 Å². The van der Waals surface area contributed by atoms with E-state index < -0.39 is 5.60 Å². The summed E-state index contributed by atoms with van der Waals surface area (Å²) in [6.07, 6.45) is 0. The number of esters is 1. The number of carbonyl (C=O) groups excluding carboxylic acids is 1. The maximum absolute atomic E-state index is 11.9. The van der Waals surface area contributed by atoms with E-state index >= 15 is 0 Å². The minimum absolute atomic E-state index is 0.362. The molecule has 0 radical (unpaired) electrons. The average molecular weight is 257 g/mol. The zero-order valence-corrected chi connectivity index (χ0v) is 11.1. The predicted octanol–water partition coefficient (Wildman–Crippen LogP) is 3.26. The van der Waals surface area contributed by atoms with Gasteiger partial charge in [-0.05, 0) is 32.9 Å². The molecule has 4 heteroatoms. The fourth-order valence-electron chi connectivity index (χ4n) is 1.24. The van der Waals surface area contributed by atoms with E-state index in [1.54, 1.807) is 24.3 Å². The molecule has 0 fully saturated rings. The van der Waals surface area contributed by atoms with Crippen molar-refractivity contribution in [2.45, 2.75) is 26.4 Å². The maximum atomic E-state index is 11.9. The van der Waals surface area contributed by atoms with Gasteiger partial charge in [0, 0.05) is 0 Å². The minimum Gasteiger partial charge on any atom is -0.491 e. The third-order valence-corrected chi connectivity index (χ3v) is 1.99. The van der Waals surface area contributed by atoms with Crippen LogP contribution in [-0.2, 0) is 4.74 Å². The van der Waals surface area contributed by atoms with Crippen LogP contribution in [0.15, 0.2) is 24.3 Å². The summed E-state index contributed by atoms with van der Waals surface area (Å²) in [4.78, 5) is 11.9. The molecule has 0 heterocycles. The molecule has 0 spiro atoms. The molecule has 0 amide bonds. The molecule has 0 saturated heterocycles. The summed E-state index contributed by atoms with van der Waals surface area (Å²) in [6.45, 7) is 5.84. The third kappa shape index (κ3) is 4.65. The van der Waals surface area contributed by atoms with E-state index in [2.05, 4.69) is 0 Å². The number of rotatable bonds is 4. The van der Waals surface area contributed by atoms with Crippen molar-refractivity contribution < 1.29 is 14.3 Å². The topological polar surface area (TPSA) is 35.5 Å². The van der Waals surface area contributed by atoms with Crippen molar-refractivity contribution in [3.63, 3.8) is 0 Å². The molecule has 0 aliphatic rings. The summed E-state index contributed by atoms with van der Waals surface area (Å²) in [6, 6.07) is 6.98. The number of ether oxygens (including phenoxy) is 2. The molecule has 0 saturated carbocycles. The molecule has 1 aromatic carbocycles. The molecule has 0 N–H and O–H groups in total. The Kier molecular flexibility index (Phi) is 4.82. The molecular formula is C13H17ClO3. The summed E-state index contributed by atoms with van der Waals surface area (Å²) in [5, 5.41) is 0. The van der Waals surface area contributed by atoms with E-state index in [9.17, 15) is 4.79 Å². The van der Waals surface area contributed by atoms with Crippen molar-refractivity contribution in [3.05, 3.63) is 29.8 Å². The van der Waals surface area contributed by atoms with E-state index in [0.717, 1.165) is 0 Å². The van der Waals surface area contributed by atoms with Gasteiger partial charge in [0.25, 0.3) is 0 Å². The normalized spacial score (nSPS) is 11.1. The number of carbonyl (C=O) groups is 1. The highest BCUT2D eigenvalue weighted by Gasteiger charge is 2.20. The van der Waals surface area contributed by atoms with Crippen LogP contribution in [0.5, 0.6) is 5.75 Å². The molecule has 3 nitrogen and oxygen atoms in total. The van der Waals surface area contributed by atoms with Crippen molar-refractivity contribution in [1.82, 2.24) is 0 Å². The number of benzene rings is 1. The van der Waals surface area contributed by atoms with Gasteiger partial charge < -0.3 is 9.47 Å². The first-order valence-corrected chi connectivity index (χ1v) is 5.98. The van der Waals surface area contributed by atoms with Crippen LogP contribution >= 0.6 is 11.6 Å². The molecule has 0 aliphatic heterocycles. The molecule has 94 valence electrons. The van der Waals surface area contributed by atoms with Crippen LogP contribution in [0.25, 0.3) is 0 Å². The Morgan fingerprint density at radius 2 is 1.94 bits per heavy atom. The highest BCUT2D eigenvalue weighted by molar-refractivity contribution is 6.18. The lowest BCUT2D eigenvalue weighted by Gasteiger charge is -2.20. The summed E-state index contributed by atoms with van der Waals surface area (Å²) in [5.74, 6) is 0.493. The zero-order chi connectivity index (χ0) is 12.9. The highest BCUT2D eigenvalue weighted by Crippen LogP contribution is 2.21. The van der Waals surface area contributed by atoms with Gasteiger partial charge in [-0.1, -0.05) is 12.1 Å². The molecule has 1 rings (SSSR count). The monoisotopic (exact) mass is 256 g/mol. The van der Waals surface area contributed by atoms with Crippen molar-refractivity contribution in [2.75, 3.05) is 12.5 Å². The lowest BCUT2D eigenvalue weighted by atomic mass is 10.1. The molecule has 0 aromatic heterocycles. The van der Waals surface area contributed by atoms with Gasteiger partial charge in [0.05, 0.1) is 5.88 Å². The maximum Gasteiger partial charge on any atom is 0.342 e. The van der Waals surface area contributed by atoms with E-state index in [4.69, 9.17) is 21.1 Å². The van der Waals surface area contributed by atoms with E-state index in [0.29, 0.717) is 23.8 Å². The van der Waals surface area contributed by atoms with Crippen molar-refractivity contribution >= 4 is 17.6 Å². The largest absolute Gasteiger partial charge is 0.491 e. The molecule has 0 aliphatic carbocycles. The van der Waals surface area contributed by atoms with Crippen LogP contribution in [0, 0.1) is 0 Å². The van der Waals surface area contributed by atoms with Crippen molar-refractivity contribution in [1.29, 1.82) is 0 Å². The number of para-hydroxylation sites is 1. The average Bonchev–Trinajstić information content (AvgIpc) is 2.24. The van der Waals surface area contributed by atoms with Crippen LogP contribution in [-0.4, -0.2) is 24.1 Å². The van der Waals surface area contributed by atoms with Gasteiger partial charge >= 0.3 is 5.97 Å². The van der Waals surface area contributed by atoms with E-state index in [1.165, 1.54) is 0 Å². The Morgan fingerprint density at radius 1 is 1.29 bits per heavy atom. The van der Waals surface area contributed by atoms with Crippen LogP contribution in [0.1, 0.15) is 31.1 Å². The van der Waals surface area contributed by atoms with Gasteiger partial charge in [-0.2, -0.15) is 0 Å². The SMILES string of the molecule is CC(C)(C)OC(=O)c1ccccc1OCCCl. The first-order valence-electron chi connectivity index (χ1n) is 5.45. The highest BCUT2D eigenvalue weighted by atomic mass is 35.5. The molecule has 0 atom stereocenters. The smallest absolute Gasteiger partial charge is 0.342 e. The summed E-state index contributed by atoms with van der Waals surface area (Å²) in [5.41, 5.74) is -0.0935. The van der Waals surface area contributed by atoms with Gasteiger partial charge in [0.1, 0.15) is 23.5 Å². The number of hydrogen-bond acceptors (Lipinski definition) is 3. The van der Waals surface area contributed by atoms with Gasteiger partial charge in [-0.15, -0.1) is 11.6 Å². The van der Waals surface area contributed by atoms with Crippen molar-refractivity contribution in [2.24, 2.45) is 0 Å². The summed E-state index contributed by atoms with van der Waals surface area (Å²) < 4.78 is 10.7. The van der Waals surface area contributed by atoms with Crippen LogP contribution < -0.4 is 4.74 Å². The summed E-state index contributed by atoms with van der Waals surface area (Å²) >= 11 is 5.55. The third-order valence-electron chi connectivity index (χ3n) is 1.84. The lowest BCUT2D eigenvalue weighted by molar-refractivity contribution is 0.00660. The Bertz CT molecular complexity index is 382. The summed E-state index contributed by atoms with van der Waals surface area (Å²) in [7, 11) is 0. The lowest BCUT2D eigenvalue weighted by Crippen LogP contribution is -2.24. The van der Waals surface area contributed by atoms with Gasteiger partial charge in [0.2, 0.25) is 0 Å². The molecule has 17 heavy (non-hydrogen) atoms. The number of alkyl halides is 1.